The van der Waals surface area contributed by atoms with Crippen LogP contribution in [0.1, 0.15) is 74.1 Å². The number of methoxy groups -OCH3 is 1. The highest BCUT2D eigenvalue weighted by Gasteiger charge is 2.58. The second-order valence-electron chi connectivity index (χ2n) is 11.7. The van der Waals surface area contributed by atoms with Gasteiger partial charge in [-0.15, -0.1) is 0 Å². The molecule has 3 aliphatic carbocycles. The lowest BCUT2D eigenvalue weighted by atomic mass is 9.54. The molecule has 0 unspecified atom stereocenters. The van der Waals surface area contributed by atoms with Crippen molar-refractivity contribution < 1.29 is 23.8 Å². The molecule has 0 aliphatic heterocycles. The molecule has 39 heavy (non-hydrogen) atoms. The molecule has 2 aromatic rings. The molecule has 0 aromatic heterocycles. The van der Waals surface area contributed by atoms with Gasteiger partial charge in [0.2, 0.25) is 0 Å². The van der Waals surface area contributed by atoms with Crippen LogP contribution in [0.25, 0.3) is 0 Å². The number of hydrogen-bond acceptors (Lipinski definition) is 5. The Hall–Kier alpha value is -2.92. The van der Waals surface area contributed by atoms with Gasteiger partial charge in [0.15, 0.2) is 0 Å². The molecule has 5 heteroatoms. The Labute approximate surface area is 232 Å². The lowest BCUT2D eigenvalue weighted by Crippen LogP contribution is -2.44. The second kappa shape index (κ2) is 12.1. The van der Waals surface area contributed by atoms with Gasteiger partial charge in [-0.3, -0.25) is 4.79 Å². The largest absolute Gasteiger partial charge is 0.489 e. The summed E-state index contributed by atoms with van der Waals surface area (Å²) in [7, 11) is 1.74. The summed E-state index contributed by atoms with van der Waals surface area (Å²) in [6.45, 7) is 5.61. The molecule has 0 radical (unpaired) electrons. The van der Waals surface area contributed by atoms with Crippen LogP contribution >= 0.6 is 0 Å². The first-order chi connectivity index (χ1) is 18.9. The van der Waals surface area contributed by atoms with E-state index >= 15 is 0 Å². The molecule has 208 valence electrons. The zero-order valence-electron chi connectivity index (χ0n) is 23.6. The van der Waals surface area contributed by atoms with Gasteiger partial charge in [0.1, 0.15) is 18.1 Å². The van der Waals surface area contributed by atoms with Gasteiger partial charge in [-0.05, 0) is 97.4 Å². The molecule has 0 N–H and O–H groups in total. The maximum absolute atomic E-state index is 13.3. The van der Waals surface area contributed by atoms with Crippen molar-refractivity contribution in [2.45, 2.75) is 71.3 Å². The molecular formula is C34H42O5. The van der Waals surface area contributed by atoms with Crippen molar-refractivity contribution in [3.05, 3.63) is 76.9 Å². The van der Waals surface area contributed by atoms with E-state index in [2.05, 4.69) is 31.2 Å². The fourth-order valence-corrected chi connectivity index (χ4v) is 7.73. The summed E-state index contributed by atoms with van der Waals surface area (Å²) in [6.07, 6.45) is 9.76. The van der Waals surface area contributed by atoms with Gasteiger partial charge in [-0.1, -0.05) is 49.4 Å². The van der Waals surface area contributed by atoms with Gasteiger partial charge in [0.25, 0.3) is 0 Å². The van der Waals surface area contributed by atoms with Gasteiger partial charge >= 0.3 is 5.97 Å². The van der Waals surface area contributed by atoms with Crippen LogP contribution in [0, 0.1) is 23.2 Å². The van der Waals surface area contributed by atoms with Crippen molar-refractivity contribution in [3.8, 4) is 5.75 Å². The third-order valence-electron chi connectivity index (χ3n) is 9.54. The summed E-state index contributed by atoms with van der Waals surface area (Å²) in [5.41, 5.74) is 4.96. The average molecular weight is 531 g/mol. The van der Waals surface area contributed by atoms with E-state index in [1.54, 1.807) is 13.2 Å². The number of Topliss-reactive ketones (excluding diaryl/α,β-unsaturated/α-hetero) is 1. The number of allylic oxidation sites excluding steroid dienone is 1. The Balaban J connectivity index is 1.40. The average Bonchev–Trinajstić information content (AvgIpc) is 3.20. The first-order valence-corrected chi connectivity index (χ1v) is 14.6. The third kappa shape index (κ3) is 5.70. The van der Waals surface area contributed by atoms with E-state index in [9.17, 15) is 9.59 Å². The SMILES string of the molecule is CCOC(=O)/C=C/C[C@@H]1CC(=O)[C@@]2(C)CC[C@@H]3c4cc(CCOC)c(OCc5ccccc5)cc4CC[C@H]3[C@H]12. The maximum Gasteiger partial charge on any atom is 0.330 e. The smallest absolute Gasteiger partial charge is 0.330 e. The Morgan fingerprint density at radius 1 is 1.15 bits per heavy atom. The van der Waals surface area contributed by atoms with E-state index in [-0.39, 0.29) is 17.3 Å². The van der Waals surface area contributed by atoms with E-state index in [0.717, 1.165) is 49.8 Å². The molecule has 0 bridgehead atoms. The highest BCUT2D eigenvalue weighted by molar-refractivity contribution is 5.88. The summed E-state index contributed by atoms with van der Waals surface area (Å²) in [4.78, 5) is 25.2. The lowest BCUT2D eigenvalue weighted by Gasteiger charge is -2.50. The van der Waals surface area contributed by atoms with Gasteiger partial charge in [0.05, 0.1) is 13.2 Å². The van der Waals surface area contributed by atoms with Crippen molar-refractivity contribution in [3.63, 3.8) is 0 Å². The minimum absolute atomic E-state index is 0.251. The summed E-state index contributed by atoms with van der Waals surface area (Å²) in [5, 5.41) is 0. The topological polar surface area (TPSA) is 61.8 Å². The molecule has 0 spiro atoms. The molecule has 5 atom stereocenters. The van der Waals surface area contributed by atoms with E-state index in [1.807, 2.05) is 31.2 Å². The fourth-order valence-electron chi connectivity index (χ4n) is 7.73. The second-order valence-corrected chi connectivity index (χ2v) is 11.7. The number of hydrogen-bond donors (Lipinski definition) is 0. The monoisotopic (exact) mass is 530 g/mol. The van der Waals surface area contributed by atoms with Crippen molar-refractivity contribution in [1.29, 1.82) is 0 Å². The Kier molecular flexibility index (Phi) is 8.56. The Morgan fingerprint density at radius 2 is 1.97 bits per heavy atom. The number of rotatable bonds is 10. The fraction of sp³-hybridized carbons (Fsp3) is 0.529. The van der Waals surface area contributed by atoms with Crippen molar-refractivity contribution >= 4 is 11.8 Å². The van der Waals surface area contributed by atoms with Crippen LogP contribution in [0.15, 0.2) is 54.6 Å². The summed E-state index contributed by atoms with van der Waals surface area (Å²) in [6, 6.07) is 15.0. The number of carbonyl (C=O) groups excluding carboxylic acids is 2. The van der Waals surface area contributed by atoms with Crippen LogP contribution in [0.2, 0.25) is 0 Å². The number of benzene rings is 2. The number of ether oxygens (including phenoxy) is 3. The normalized spacial score (nSPS) is 27.6. The van der Waals surface area contributed by atoms with Crippen LogP contribution in [0.4, 0.5) is 0 Å². The highest BCUT2D eigenvalue weighted by Crippen LogP contribution is 2.62. The number of aryl methyl sites for hydroxylation is 1. The van der Waals surface area contributed by atoms with Crippen molar-refractivity contribution in [2.24, 2.45) is 23.2 Å². The molecular weight excluding hydrogens is 488 g/mol. The number of ketones is 1. The van der Waals surface area contributed by atoms with E-state index in [0.29, 0.717) is 49.8 Å². The summed E-state index contributed by atoms with van der Waals surface area (Å²) >= 11 is 0. The zero-order chi connectivity index (χ0) is 27.4. The molecule has 0 saturated heterocycles. The van der Waals surface area contributed by atoms with Crippen LogP contribution < -0.4 is 4.74 Å². The maximum atomic E-state index is 13.3. The van der Waals surface area contributed by atoms with Gasteiger partial charge in [-0.2, -0.15) is 0 Å². The molecule has 5 rings (SSSR count). The number of esters is 1. The Bertz CT molecular complexity index is 1200. The molecule has 3 aliphatic rings. The Morgan fingerprint density at radius 3 is 2.74 bits per heavy atom. The zero-order valence-corrected chi connectivity index (χ0v) is 23.6. The van der Waals surface area contributed by atoms with Gasteiger partial charge in [0, 0.05) is 25.0 Å². The number of carbonyl (C=O) groups is 2. The van der Waals surface area contributed by atoms with E-state index in [1.165, 1.54) is 16.7 Å². The van der Waals surface area contributed by atoms with Gasteiger partial charge < -0.3 is 14.2 Å². The minimum atomic E-state index is -0.299. The number of fused-ring (bicyclic) bond motifs is 5. The minimum Gasteiger partial charge on any atom is -0.489 e. The van der Waals surface area contributed by atoms with Gasteiger partial charge in [-0.25, -0.2) is 4.79 Å². The first kappa shape index (κ1) is 27.6. The predicted molar refractivity (Wildman–Crippen MR) is 152 cm³/mol. The molecule has 0 heterocycles. The standard InChI is InChI=1S/C34H42O5/c1-4-38-32(36)12-8-11-26-21-31(35)34(2)17-15-27-28(33(26)34)14-13-24-20-30(25(16-18-37-3)19-29(24)27)39-22-23-9-6-5-7-10-23/h5-10,12,19-20,26-28,33H,4,11,13-18,21-22H2,1-3H3/b12-8+/t26-,27+,28-,33+,34-/m1/s1. The van der Waals surface area contributed by atoms with E-state index in [4.69, 9.17) is 14.2 Å². The van der Waals surface area contributed by atoms with Crippen LogP contribution in [-0.2, 0) is 38.5 Å². The highest BCUT2D eigenvalue weighted by atomic mass is 16.5. The molecule has 2 fully saturated rings. The van der Waals surface area contributed by atoms with Crippen LogP contribution in [0.3, 0.4) is 0 Å². The molecule has 2 saturated carbocycles. The third-order valence-corrected chi connectivity index (χ3v) is 9.54. The molecule has 2 aromatic carbocycles. The first-order valence-electron chi connectivity index (χ1n) is 14.6. The van der Waals surface area contributed by atoms with Crippen molar-refractivity contribution in [2.75, 3.05) is 20.3 Å². The van der Waals surface area contributed by atoms with Crippen molar-refractivity contribution in [1.82, 2.24) is 0 Å². The molecule has 0 amide bonds. The molecule has 5 nitrogen and oxygen atoms in total. The predicted octanol–water partition coefficient (Wildman–Crippen LogP) is 6.62. The lowest BCUT2D eigenvalue weighted by molar-refractivity contribution is -0.137. The summed E-state index contributed by atoms with van der Waals surface area (Å²) in [5.74, 6) is 2.65. The van der Waals surface area contributed by atoms with E-state index < -0.39 is 0 Å². The van der Waals surface area contributed by atoms with Crippen LogP contribution in [-0.4, -0.2) is 32.1 Å². The van der Waals surface area contributed by atoms with Crippen LogP contribution in [0.5, 0.6) is 5.75 Å². The quantitative estimate of drug-likeness (QED) is 0.255. The summed E-state index contributed by atoms with van der Waals surface area (Å²) < 4.78 is 16.9.